The Kier molecular flexibility index (Phi) is 8.94. The molecule has 0 saturated heterocycles. The Morgan fingerprint density at radius 1 is 1.31 bits per heavy atom. The van der Waals surface area contributed by atoms with Crippen molar-refractivity contribution in [1.82, 2.24) is 0 Å². The summed E-state index contributed by atoms with van der Waals surface area (Å²) in [6.07, 6.45) is 0.905. The van der Waals surface area contributed by atoms with Gasteiger partial charge in [0, 0.05) is 0 Å². The van der Waals surface area contributed by atoms with E-state index in [1.165, 1.54) is 0 Å². The van der Waals surface area contributed by atoms with E-state index in [-0.39, 0.29) is 6.61 Å². The van der Waals surface area contributed by atoms with Crippen LogP contribution >= 0.6 is 0 Å². The number of carbonyl (C=O) groups is 1. The first-order valence-electron chi connectivity index (χ1n) is 5.78. The molecule has 0 aliphatic heterocycles. The Balaban J connectivity index is 4.04. The van der Waals surface area contributed by atoms with Crippen LogP contribution in [0, 0.1) is 0 Å². The van der Waals surface area contributed by atoms with Crippen molar-refractivity contribution < 1.29 is 24.5 Å². The zero-order valence-corrected chi connectivity index (χ0v) is 10.0. The highest BCUT2D eigenvalue weighted by Gasteiger charge is 2.22. The molecule has 2 N–H and O–H groups in total. The van der Waals surface area contributed by atoms with Crippen LogP contribution in [0.3, 0.4) is 0 Å². The second kappa shape index (κ2) is 9.42. The lowest BCUT2D eigenvalue weighted by Crippen LogP contribution is -2.34. The fraction of sp³-hybridized carbons (Fsp3) is 0.909. The third kappa shape index (κ3) is 6.63. The van der Waals surface area contributed by atoms with Gasteiger partial charge in [-0.2, -0.15) is 0 Å². The van der Waals surface area contributed by atoms with Crippen LogP contribution in [-0.2, 0) is 9.47 Å². The number of unbranched alkanes of at least 4 members (excludes halogenated alkanes) is 2. The molecule has 0 aromatic rings. The smallest absolute Gasteiger partial charge is 0.435 e. The van der Waals surface area contributed by atoms with Crippen LogP contribution in [0.2, 0.25) is 0 Å². The van der Waals surface area contributed by atoms with Gasteiger partial charge in [0.25, 0.3) is 0 Å². The second-order valence-corrected chi connectivity index (χ2v) is 3.59. The van der Waals surface area contributed by atoms with E-state index in [1.54, 1.807) is 6.92 Å². The first kappa shape index (κ1) is 15.2. The molecule has 0 amide bonds. The average molecular weight is 234 g/mol. The number of aliphatic hydroxyl groups excluding tert-OH is 2. The number of carbonyl (C=O) groups excluding carboxylic acids is 1. The monoisotopic (exact) mass is 234 g/mol. The van der Waals surface area contributed by atoms with Crippen LogP contribution in [0.15, 0.2) is 0 Å². The normalized spacial score (nSPS) is 14.2. The van der Waals surface area contributed by atoms with E-state index in [0.29, 0.717) is 6.42 Å². The van der Waals surface area contributed by atoms with Gasteiger partial charge >= 0.3 is 6.16 Å². The second-order valence-electron chi connectivity index (χ2n) is 3.59. The maximum atomic E-state index is 11.1. The lowest BCUT2D eigenvalue weighted by Gasteiger charge is -2.21. The summed E-state index contributed by atoms with van der Waals surface area (Å²) in [6, 6.07) is 0. The molecule has 0 aliphatic carbocycles. The molecular weight excluding hydrogens is 212 g/mol. The summed E-state index contributed by atoms with van der Waals surface area (Å²) < 4.78 is 9.54. The Morgan fingerprint density at radius 3 is 2.50 bits per heavy atom. The molecule has 0 bridgehead atoms. The van der Waals surface area contributed by atoms with Gasteiger partial charge in [0.1, 0.15) is 12.2 Å². The van der Waals surface area contributed by atoms with Crippen LogP contribution < -0.4 is 0 Å². The number of ether oxygens (including phenoxy) is 2. The summed E-state index contributed by atoms with van der Waals surface area (Å²) in [5, 5.41) is 18.3. The molecule has 5 heteroatoms. The summed E-state index contributed by atoms with van der Waals surface area (Å²) >= 11 is 0. The van der Waals surface area contributed by atoms with Gasteiger partial charge in [-0.3, -0.25) is 0 Å². The topological polar surface area (TPSA) is 76.0 Å². The van der Waals surface area contributed by atoms with Gasteiger partial charge in [0.05, 0.1) is 13.2 Å². The molecule has 0 aromatic heterocycles. The van der Waals surface area contributed by atoms with E-state index in [0.717, 1.165) is 19.3 Å². The molecule has 0 saturated carbocycles. The third-order valence-corrected chi connectivity index (χ3v) is 2.22. The van der Waals surface area contributed by atoms with Crippen molar-refractivity contribution in [2.24, 2.45) is 0 Å². The van der Waals surface area contributed by atoms with Gasteiger partial charge in [-0.1, -0.05) is 19.8 Å². The summed E-state index contributed by atoms with van der Waals surface area (Å²) in [5.74, 6) is 0. The van der Waals surface area contributed by atoms with Crippen LogP contribution in [-0.4, -0.2) is 41.8 Å². The van der Waals surface area contributed by atoms with Crippen LogP contribution in [0.4, 0.5) is 4.79 Å². The molecule has 2 atom stereocenters. The SMILES string of the molecule is CCCCC[C@H](OC(=O)OCC)[C@H](O)CO. The lowest BCUT2D eigenvalue weighted by atomic mass is 10.1. The molecule has 0 unspecified atom stereocenters. The van der Waals surface area contributed by atoms with Gasteiger partial charge in [-0.05, 0) is 19.8 Å². The highest BCUT2D eigenvalue weighted by molar-refractivity contribution is 5.60. The molecule has 0 aromatic carbocycles. The Morgan fingerprint density at radius 2 is 2.00 bits per heavy atom. The van der Waals surface area contributed by atoms with E-state index in [4.69, 9.17) is 9.84 Å². The highest BCUT2D eigenvalue weighted by Crippen LogP contribution is 2.11. The van der Waals surface area contributed by atoms with Crippen molar-refractivity contribution in [2.75, 3.05) is 13.2 Å². The van der Waals surface area contributed by atoms with E-state index < -0.39 is 25.0 Å². The van der Waals surface area contributed by atoms with Gasteiger partial charge in [-0.15, -0.1) is 0 Å². The van der Waals surface area contributed by atoms with E-state index in [1.807, 2.05) is 0 Å². The minimum atomic E-state index is -1.04. The van der Waals surface area contributed by atoms with Gasteiger partial charge < -0.3 is 19.7 Å². The third-order valence-electron chi connectivity index (χ3n) is 2.22. The predicted octanol–water partition coefficient (Wildman–Crippen LogP) is 1.46. The van der Waals surface area contributed by atoms with Crippen molar-refractivity contribution in [3.8, 4) is 0 Å². The zero-order valence-electron chi connectivity index (χ0n) is 10.0. The summed E-state index contributed by atoms with van der Waals surface area (Å²) in [6.45, 7) is 3.55. The standard InChI is InChI=1S/C11H22O5/c1-3-5-6-7-10(9(13)8-12)16-11(14)15-4-2/h9-10,12-13H,3-8H2,1-2H3/t9-,10+/m1/s1. The zero-order chi connectivity index (χ0) is 12.4. The molecule has 16 heavy (non-hydrogen) atoms. The lowest BCUT2D eigenvalue weighted by molar-refractivity contribution is -0.0517. The van der Waals surface area contributed by atoms with Gasteiger partial charge in [0.2, 0.25) is 0 Å². The van der Waals surface area contributed by atoms with Crippen molar-refractivity contribution in [2.45, 2.75) is 51.7 Å². The van der Waals surface area contributed by atoms with Gasteiger partial charge in [-0.25, -0.2) is 4.79 Å². The van der Waals surface area contributed by atoms with E-state index >= 15 is 0 Å². The minimum Gasteiger partial charge on any atom is -0.435 e. The highest BCUT2D eigenvalue weighted by atomic mass is 16.7. The average Bonchev–Trinajstić information content (AvgIpc) is 2.27. The number of hydrogen-bond acceptors (Lipinski definition) is 5. The Hall–Kier alpha value is -0.810. The predicted molar refractivity (Wildman–Crippen MR) is 59.1 cm³/mol. The Bertz CT molecular complexity index is 183. The molecular formula is C11H22O5. The first-order valence-corrected chi connectivity index (χ1v) is 5.78. The fourth-order valence-electron chi connectivity index (χ4n) is 1.32. The molecule has 0 spiro atoms. The number of aliphatic hydroxyl groups is 2. The van der Waals surface area contributed by atoms with Gasteiger partial charge in [0.15, 0.2) is 0 Å². The molecule has 96 valence electrons. The maximum absolute atomic E-state index is 11.1. The van der Waals surface area contributed by atoms with Crippen LogP contribution in [0.1, 0.15) is 39.5 Å². The van der Waals surface area contributed by atoms with E-state index in [9.17, 15) is 9.90 Å². The number of rotatable bonds is 8. The van der Waals surface area contributed by atoms with Crippen LogP contribution in [0.5, 0.6) is 0 Å². The molecule has 0 aliphatic rings. The van der Waals surface area contributed by atoms with Crippen molar-refractivity contribution in [3.05, 3.63) is 0 Å². The van der Waals surface area contributed by atoms with Crippen molar-refractivity contribution >= 4 is 6.16 Å². The maximum Gasteiger partial charge on any atom is 0.508 e. The minimum absolute atomic E-state index is 0.232. The molecule has 0 rings (SSSR count). The van der Waals surface area contributed by atoms with Crippen molar-refractivity contribution in [3.63, 3.8) is 0 Å². The van der Waals surface area contributed by atoms with Crippen molar-refractivity contribution in [1.29, 1.82) is 0 Å². The molecule has 0 fully saturated rings. The number of hydrogen-bond donors (Lipinski definition) is 2. The summed E-state index contributed by atoms with van der Waals surface area (Å²) in [4.78, 5) is 11.1. The fourth-order valence-corrected chi connectivity index (χ4v) is 1.32. The largest absolute Gasteiger partial charge is 0.508 e. The molecule has 5 nitrogen and oxygen atoms in total. The molecule has 0 radical (unpaired) electrons. The van der Waals surface area contributed by atoms with Crippen LogP contribution in [0.25, 0.3) is 0 Å². The first-order chi connectivity index (χ1) is 7.65. The summed E-state index contributed by atoms with van der Waals surface area (Å²) in [7, 11) is 0. The molecule has 0 heterocycles. The van der Waals surface area contributed by atoms with E-state index in [2.05, 4.69) is 11.7 Å². The Labute approximate surface area is 96.4 Å². The summed E-state index contributed by atoms with van der Waals surface area (Å²) in [5.41, 5.74) is 0. The quantitative estimate of drug-likeness (QED) is 0.491.